The Morgan fingerprint density at radius 1 is 0.630 bits per heavy atom. The van der Waals surface area contributed by atoms with Crippen LogP contribution in [0.2, 0.25) is 0 Å². The standard InChI is InChI=1S/C38H45N3O5/c39-23-10-11-25-41(38(43)46-30-34-17-8-3-9-18-34)26-12-24-40-37(42)22-20-31-19-21-35(44-28-32-13-4-1-5-14-32)36(27-31)45-29-33-15-6-2-7-16-33/h1-9,13-19,21,27H,10-12,20,22-26,28-30,39H2,(H,40,42). The van der Waals surface area contributed by atoms with E-state index in [4.69, 9.17) is 19.9 Å². The van der Waals surface area contributed by atoms with Crippen molar-refractivity contribution in [3.63, 3.8) is 0 Å². The van der Waals surface area contributed by atoms with Crippen LogP contribution in [-0.2, 0) is 35.8 Å². The van der Waals surface area contributed by atoms with Gasteiger partial charge in [-0.05, 0) is 66.6 Å². The molecule has 0 aliphatic heterocycles. The predicted molar refractivity (Wildman–Crippen MR) is 180 cm³/mol. The van der Waals surface area contributed by atoms with Crippen LogP contribution >= 0.6 is 0 Å². The molecule has 4 rings (SSSR count). The normalized spacial score (nSPS) is 10.6. The minimum Gasteiger partial charge on any atom is -0.485 e. The summed E-state index contributed by atoms with van der Waals surface area (Å²) in [5.41, 5.74) is 9.70. The molecular formula is C38H45N3O5. The molecule has 242 valence electrons. The molecule has 0 spiro atoms. The van der Waals surface area contributed by atoms with Gasteiger partial charge in [0.15, 0.2) is 11.5 Å². The van der Waals surface area contributed by atoms with Gasteiger partial charge >= 0.3 is 6.09 Å². The number of nitrogens with one attached hydrogen (secondary N) is 1. The molecule has 3 N–H and O–H groups in total. The van der Waals surface area contributed by atoms with E-state index in [1.807, 2.05) is 109 Å². The number of ether oxygens (including phenoxy) is 3. The molecule has 46 heavy (non-hydrogen) atoms. The van der Waals surface area contributed by atoms with Crippen LogP contribution in [-0.4, -0.2) is 43.1 Å². The number of rotatable bonds is 19. The number of carbonyl (C=O) groups is 2. The first-order chi connectivity index (χ1) is 22.6. The van der Waals surface area contributed by atoms with Crippen molar-refractivity contribution < 1.29 is 23.8 Å². The number of hydrogen-bond donors (Lipinski definition) is 2. The third-order valence-corrected chi connectivity index (χ3v) is 7.40. The molecular weight excluding hydrogens is 578 g/mol. The SMILES string of the molecule is NCCCCN(CCCNC(=O)CCc1ccc(OCc2ccccc2)c(OCc2ccccc2)c1)C(=O)OCc1ccccc1. The van der Waals surface area contributed by atoms with Gasteiger partial charge in [-0.3, -0.25) is 4.79 Å². The lowest BCUT2D eigenvalue weighted by atomic mass is 10.1. The average Bonchev–Trinajstić information content (AvgIpc) is 3.10. The fraction of sp³-hybridized carbons (Fsp3) is 0.316. The summed E-state index contributed by atoms with van der Waals surface area (Å²) in [6, 6.07) is 35.4. The van der Waals surface area contributed by atoms with Crippen LogP contribution in [0.25, 0.3) is 0 Å². The maximum absolute atomic E-state index is 12.8. The van der Waals surface area contributed by atoms with E-state index in [1.165, 1.54) is 0 Å². The molecule has 0 heterocycles. The quantitative estimate of drug-likeness (QED) is 0.113. The molecule has 8 heteroatoms. The van der Waals surface area contributed by atoms with Crippen molar-refractivity contribution in [2.45, 2.75) is 51.9 Å². The minimum absolute atomic E-state index is 0.0440. The van der Waals surface area contributed by atoms with Gasteiger partial charge < -0.3 is 30.2 Å². The lowest BCUT2D eigenvalue weighted by Gasteiger charge is -2.22. The summed E-state index contributed by atoms with van der Waals surface area (Å²) in [4.78, 5) is 27.2. The van der Waals surface area contributed by atoms with Crippen LogP contribution in [0.5, 0.6) is 11.5 Å². The van der Waals surface area contributed by atoms with Gasteiger partial charge in [0.05, 0.1) is 0 Å². The van der Waals surface area contributed by atoms with Gasteiger partial charge in [-0.2, -0.15) is 0 Å². The molecule has 0 unspecified atom stereocenters. The van der Waals surface area contributed by atoms with Gasteiger partial charge in [0.1, 0.15) is 19.8 Å². The van der Waals surface area contributed by atoms with Crippen molar-refractivity contribution in [2.75, 3.05) is 26.2 Å². The molecule has 0 saturated carbocycles. The summed E-state index contributed by atoms with van der Waals surface area (Å²) in [5, 5.41) is 2.99. The molecule has 0 aliphatic carbocycles. The molecule has 0 fully saturated rings. The summed E-state index contributed by atoms with van der Waals surface area (Å²) in [6.07, 6.45) is 2.80. The summed E-state index contributed by atoms with van der Waals surface area (Å²) in [7, 11) is 0. The number of unbranched alkanes of at least 4 members (excludes halogenated alkanes) is 1. The molecule has 0 aromatic heterocycles. The van der Waals surface area contributed by atoms with Gasteiger partial charge in [0.25, 0.3) is 0 Å². The number of nitrogens with zero attached hydrogens (tertiary/aromatic N) is 1. The average molecular weight is 624 g/mol. The molecule has 4 aromatic carbocycles. The van der Waals surface area contributed by atoms with E-state index in [9.17, 15) is 9.59 Å². The number of benzene rings is 4. The Kier molecular flexibility index (Phi) is 14.5. The van der Waals surface area contributed by atoms with Gasteiger partial charge in [-0.15, -0.1) is 0 Å². The van der Waals surface area contributed by atoms with Crippen LogP contribution in [0.1, 0.15) is 47.9 Å². The smallest absolute Gasteiger partial charge is 0.410 e. The van der Waals surface area contributed by atoms with E-state index in [0.717, 1.165) is 35.1 Å². The van der Waals surface area contributed by atoms with Crippen LogP contribution in [0.3, 0.4) is 0 Å². The Labute approximate surface area is 272 Å². The Hall–Kier alpha value is -4.82. The third kappa shape index (κ3) is 12.3. The van der Waals surface area contributed by atoms with Crippen molar-refractivity contribution in [3.05, 3.63) is 131 Å². The van der Waals surface area contributed by atoms with E-state index in [-0.39, 0.29) is 18.6 Å². The first kappa shape index (κ1) is 34.1. The summed E-state index contributed by atoms with van der Waals surface area (Å²) < 4.78 is 17.8. The van der Waals surface area contributed by atoms with E-state index in [1.54, 1.807) is 4.90 Å². The van der Waals surface area contributed by atoms with Crippen LogP contribution in [0, 0.1) is 0 Å². The highest BCUT2D eigenvalue weighted by Gasteiger charge is 2.15. The number of aryl methyl sites for hydroxylation is 1. The monoisotopic (exact) mass is 623 g/mol. The molecule has 0 atom stereocenters. The van der Waals surface area contributed by atoms with Crippen LogP contribution in [0.15, 0.2) is 109 Å². The first-order valence-corrected chi connectivity index (χ1v) is 16.0. The second-order valence-electron chi connectivity index (χ2n) is 11.1. The van der Waals surface area contributed by atoms with Crippen molar-refractivity contribution in [3.8, 4) is 11.5 Å². The van der Waals surface area contributed by atoms with Gasteiger partial charge in [0.2, 0.25) is 5.91 Å². The Morgan fingerprint density at radius 2 is 1.20 bits per heavy atom. The number of nitrogens with two attached hydrogens (primary N) is 1. The fourth-order valence-electron chi connectivity index (χ4n) is 4.81. The van der Waals surface area contributed by atoms with Gasteiger partial charge in [-0.25, -0.2) is 4.79 Å². The number of amides is 2. The zero-order valence-electron chi connectivity index (χ0n) is 26.4. The maximum Gasteiger partial charge on any atom is 0.410 e. The molecule has 0 saturated heterocycles. The molecule has 2 amide bonds. The molecule has 4 aromatic rings. The minimum atomic E-state index is -0.353. The van der Waals surface area contributed by atoms with Gasteiger partial charge in [-0.1, -0.05) is 97.1 Å². The molecule has 0 aliphatic rings. The lowest BCUT2D eigenvalue weighted by Crippen LogP contribution is -2.35. The highest BCUT2D eigenvalue weighted by Crippen LogP contribution is 2.30. The Balaban J connectivity index is 1.25. The highest BCUT2D eigenvalue weighted by atomic mass is 16.6. The zero-order chi connectivity index (χ0) is 32.2. The number of hydrogen-bond acceptors (Lipinski definition) is 6. The van der Waals surface area contributed by atoms with E-state index >= 15 is 0 Å². The van der Waals surface area contributed by atoms with E-state index in [2.05, 4.69) is 5.32 Å². The van der Waals surface area contributed by atoms with Gasteiger partial charge in [0, 0.05) is 26.1 Å². The highest BCUT2D eigenvalue weighted by molar-refractivity contribution is 5.76. The molecule has 0 radical (unpaired) electrons. The van der Waals surface area contributed by atoms with Crippen molar-refractivity contribution >= 4 is 12.0 Å². The second-order valence-corrected chi connectivity index (χ2v) is 11.1. The summed E-state index contributed by atoms with van der Waals surface area (Å²) >= 11 is 0. The zero-order valence-corrected chi connectivity index (χ0v) is 26.4. The van der Waals surface area contributed by atoms with Crippen molar-refractivity contribution in [2.24, 2.45) is 5.73 Å². The lowest BCUT2D eigenvalue weighted by molar-refractivity contribution is -0.121. The van der Waals surface area contributed by atoms with Crippen LogP contribution in [0.4, 0.5) is 4.79 Å². The Morgan fingerprint density at radius 3 is 1.80 bits per heavy atom. The predicted octanol–water partition coefficient (Wildman–Crippen LogP) is 6.66. The molecule has 8 nitrogen and oxygen atoms in total. The summed E-state index contributed by atoms with van der Waals surface area (Å²) in [5.74, 6) is 1.26. The van der Waals surface area contributed by atoms with E-state index in [0.29, 0.717) is 70.2 Å². The van der Waals surface area contributed by atoms with Crippen molar-refractivity contribution in [1.82, 2.24) is 10.2 Å². The van der Waals surface area contributed by atoms with Crippen LogP contribution < -0.4 is 20.5 Å². The largest absolute Gasteiger partial charge is 0.485 e. The summed E-state index contributed by atoms with van der Waals surface area (Å²) in [6.45, 7) is 3.17. The Bertz CT molecular complexity index is 1450. The second kappa shape index (κ2) is 19.5. The third-order valence-electron chi connectivity index (χ3n) is 7.40. The fourth-order valence-corrected chi connectivity index (χ4v) is 4.81. The topological polar surface area (TPSA) is 103 Å². The number of carbonyl (C=O) groups excluding carboxylic acids is 2. The van der Waals surface area contributed by atoms with Crippen molar-refractivity contribution in [1.29, 1.82) is 0 Å². The maximum atomic E-state index is 12.8. The first-order valence-electron chi connectivity index (χ1n) is 16.0. The van der Waals surface area contributed by atoms with E-state index < -0.39 is 0 Å². The molecule has 0 bridgehead atoms.